The minimum Gasteiger partial charge on any atom is -0.494 e. The molecule has 2 bridgehead atoms. The van der Waals surface area contributed by atoms with Crippen LogP contribution in [-0.4, -0.2) is 12.4 Å². The van der Waals surface area contributed by atoms with Gasteiger partial charge in [-0.15, -0.1) is 0 Å². The fraction of sp³-hybridized carbons (Fsp3) is 0.421. The van der Waals surface area contributed by atoms with Gasteiger partial charge in [0.25, 0.3) is 0 Å². The molecule has 0 radical (unpaired) electrons. The Labute approximate surface area is 125 Å². The van der Waals surface area contributed by atoms with Gasteiger partial charge < -0.3 is 4.74 Å². The molecule has 2 heteroatoms. The number of rotatable bonds is 4. The van der Waals surface area contributed by atoms with E-state index in [1.165, 1.54) is 12.8 Å². The summed E-state index contributed by atoms with van der Waals surface area (Å²) >= 11 is 0. The van der Waals surface area contributed by atoms with Gasteiger partial charge in [-0.3, -0.25) is 4.79 Å². The lowest BCUT2D eigenvalue weighted by atomic mass is 9.91. The first-order valence-electron chi connectivity index (χ1n) is 7.93. The summed E-state index contributed by atoms with van der Waals surface area (Å²) in [4.78, 5) is 11.5. The van der Waals surface area contributed by atoms with Crippen molar-refractivity contribution in [3.05, 3.63) is 47.6 Å². The smallest absolute Gasteiger partial charge is 0.160 e. The van der Waals surface area contributed by atoms with Gasteiger partial charge in [-0.05, 0) is 66.4 Å². The highest BCUT2D eigenvalue weighted by Gasteiger charge is 2.35. The lowest BCUT2D eigenvalue weighted by Gasteiger charge is -2.18. The molecule has 0 N–H and O–H groups in total. The van der Waals surface area contributed by atoms with Crippen molar-refractivity contribution in [3.8, 4) is 5.75 Å². The fourth-order valence-corrected chi connectivity index (χ4v) is 3.97. The summed E-state index contributed by atoms with van der Waals surface area (Å²) in [5, 5.41) is 0. The van der Waals surface area contributed by atoms with Gasteiger partial charge in [0, 0.05) is 6.42 Å². The van der Waals surface area contributed by atoms with E-state index in [2.05, 4.69) is 12.2 Å². The monoisotopic (exact) mass is 280 g/mol. The van der Waals surface area contributed by atoms with Gasteiger partial charge in [0.2, 0.25) is 0 Å². The number of carbonyl (C=O) groups excluding carboxylic acids is 1. The van der Waals surface area contributed by atoms with Crippen molar-refractivity contribution in [1.29, 1.82) is 0 Å². The van der Waals surface area contributed by atoms with E-state index in [9.17, 15) is 4.79 Å². The summed E-state index contributed by atoms with van der Waals surface area (Å²) in [5.74, 6) is 3.51. The minimum atomic E-state index is 0.174. The maximum absolute atomic E-state index is 11.5. The van der Waals surface area contributed by atoms with E-state index < -0.39 is 0 Å². The second-order valence-electron chi connectivity index (χ2n) is 6.51. The first kappa shape index (κ1) is 12.9. The second kappa shape index (κ2) is 5.18. The molecule has 2 nitrogen and oxygen atoms in total. The van der Waals surface area contributed by atoms with Crippen molar-refractivity contribution < 1.29 is 9.53 Å². The van der Waals surface area contributed by atoms with Crippen molar-refractivity contribution in [2.75, 3.05) is 6.61 Å². The van der Waals surface area contributed by atoms with Crippen molar-refractivity contribution in [2.24, 2.45) is 17.8 Å². The van der Waals surface area contributed by atoms with Crippen LogP contribution >= 0.6 is 0 Å². The number of carbonyl (C=O) groups is 1. The first-order valence-corrected chi connectivity index (χ1v) is 7.93. The average Bonchev–Trinajstić information content (AvgIpc) is 3.09. The zero-order chi connectivity index (χ0) is 14.2. The van der Waals surface area contributed by atoms with E-state index in [0.29, 0.717) is 6.42 Å². The van der Waals surface area contributed by atoms with E-state index in [1.807, 2.05) is 24.3 Å². The van der Waals surface area contributed by atoms with Gasteiger partial charge in [0.1, 0.15) is 5.75 Å². The van der Waals surface area contributed by atoms with E-state index in [4.69, 9.17) is 4.74 Å². The molecule has 1 saturated carbocycles. The third-order valence-corrected chi connectivity index (χ3v) is 5.10. The number of ketones is 1. The summed E-state index contributed by atoms with van der Waals surface area (Å²) in [6, 6.07) is 6.09. The molecule has 0 spiro atoms. The minimum absolute atomic E-state index is 0.174. The molecule has 0 heterocycles. The Hall–Kier alpha value is -1.83. The summed E-state index contributed by atoms with van der Waals surface area (Å²) in [6.07, 6.45) is 12.7. The van der Waals surface area contributed by atoms with Gasteiger partial charge >= 0.3 is 0 Å². The number of allylic oxidation sites excluding steroid dienone is 3. The largest absolute Gasteiger partial charge is 0.494 e. The highest BCUT2D eigenvalue weighted by molar-refractivity contribution is 5.98. The number of fused-ring (bicyclic) bond motifs is 3. The number of ether oxygens (including phenoxy) is 1. The van der Waals surface area contributed by atoms with Crippen molar-refractivity contribution in [3.63, 3.8) is 0 Å². The molecule has 1 aromatic rings. The SMILES string of the molecule is O=C1C=Cc2ccc(OCCC3CC4C=CC3C4)cc2C1. The molecular formula is C19H20O2. The average molecular weight is 280 g/mol. The standard InChI is InChI=1S/C19H20O2/c20-18-5-3-14-4-6-19(12-17(14)11-18)21-8-7-16-10-13-1-2-15(16)9-13/h1-6,12-13,15-16H,7-11H2. The van der Waals surface area contributed by atoms with Crippen LogP contribution in [0.1, 0.15) is 30.4 Å². The lowest BCUT2D eigenvalue weighted by Crippen LogP contribution is -2.12. The van der Waals surface area contributed by atoms with Crippen LogP contribution in [0.4, 0.5) is 0 Å². The van der Waals surface area contributed by atoms with Crippen LogP contribution in [0.3, 0.4) is 0 Å². The third-order valence-electron chi connectivity index (χ3n) is 5.10. The summed E-state index contributed by atoms with van der Waals surface area (Å²) in [7, 11) is 0. The molecule has 21 heavy (non-hydrogen) atoms. The molecule has 1 fully saturated rings. The van der Waals surface area contributed by atoms with Gasteiger partial charge in [-0.25, -0.2) is 0 Å². The van der Waals surface area contributed by atoms with Gasteiger partial charge in [0.15, 0.2) is 5.78 Å². The molecule has 3 aliphatic rings. The Morgan fingerprint density at radius 2 is 2.10 bits per heavy atom. The maximum atomic E-state index is 11.5. The molecule has 1 aromatic carbocycles. The van der Waals surface area contributed by atoms with E-state index in [1.54, 1.807) is 6.08 Å². The first-order chi connectivity index (χ1) is 10.3. The van der Waals surface area contributed by atoms with Crippen LogP contribution in [0.25, 0.3) is 6.08 Å². The molecule has 108 valence electrons. The van der Waals surface area contributed by atoms with Crippen LogP contribution in [-0.2, 0) is 11.2 Å². The quantitative estimate of drug-likeness (QED) is 0.784. The Morgan fingerprint density at radius 3 is 2.90 bits per heavy atom. The molecular weight excluding hydrogens is 260 g/mol. The summed E-state index contributed by atoms with van der Waals surface area (Å²) in [6.45, 7) is 0.782. The topological polar surface area (TPSA) is 26.3 Å². The molecule has 0 aliphatic heterocycles. The molecule has 3 aliphatic carbocycles. The zero-order valence-corrected chi connectivity index (χ0v) is 12.1. The highest BCUT2D eigenvalue weighted by atomic mass is 16.5. The molecule has 0 amide bonds. The molecule has 3 atom stereocenters. The Bertz CT molecular complexity index is 626. The maximum Gasteiger partial charge on any atom is 0.160 e. The van der Waals surface area contributed by atoms with Crippen LogP contribution in [0.15, 0.2) is 36.4 Å². The van der Waals surface area contributed by atoms with Gasteiger partial charge in [-0.2, -0.15) is 0 Å². The van der Waals surface area contributed by atoms with Gasteiger partial charge in [0.05, 0.1) is 6.61 Å². The van der Waals surface area contributed by atoms with Crippen LogP contribution in [0, 0.1) is 17.8 Å². The Kier molecular flexibility index (Phi) is 3.17. The predicted octanol–water partition coefficient (Wildman–Crippen LogP) is 3.81. The van der Waals surface area contributed by atoms with E-state index >= 15 is 0 Å². The van der Waals surface area contributed by atoms with Crippen LogP contribution in [0.5, 0.6) is 5.75 Å². The highest BCUT2D eigenvalue weighted by Crippen LogP contribution is 2.44. The van der Waals surface area contributed by atoms with E-state index in [-0.39, 0.29) is 5.78 Å². The summed E-state index contributed by atoms with van der Waals surface area (Å²) in [5.41, 5.74) is 2.23. The van der Waals surface area contributed by atoms with Crippen molar-refractivity contribution in [1.82, 2.24) is 0 Å². The van der Waals surface area contributed by atoms with Crippen molar-refractivity contribution >= 4 is 11.9 Å². The summed E-state index contributed by atoms with van der Waals surface area (Å²) < 4.78 is 5.92. The van der Waals surface area contributed by atoms with E-state index in [0.717, 1.165) is 47.7 Å². The number of hydrogen-bond acceptors (Lipinski definition) is 2. The number of hydrogen-bond donors (Lipinski definition) is 0. The number of benzene rings is 1. The van der Waals surface area contributed by atoms with Crippen molar-refractivity contribution in [2.45, 2.75) is 25.7 Å². The Morgan fingerprint density at radius 1 is 1.14 bits per heavy atom. The van der Waals surface area contributed by atoms with Crippen LogP contribution in [0.2, 0.25) is 0 Å². The molecule has 0 saturated heterocycles. The fourth-order valence-electron chi connectivity index (χ4n) is 3.97. The molecule has 4 rings (SSSR count). The normalized spacial score (nSPS) is 29.0. The van der Waals surface area contributed by atoms with Gasteiger partial charge in [-0.1, -0.05) is 24.3 Å². The Balaban J connectivity index is 1.35. The third kappa shape index (κ3) is 2.55. The lowest BCUT2D eigenvalue weighted by molar-refractivity contribution is -0.114. The molecule has 0 aromatic heterocycles. The molecule has 3 unspecified atom stereocenters. The van der Waals surface area contributed by atoms with Crippen LogP contribution < -0.4 is 4.74 Å². The zero-order valence-electron chi connectivity index (χ0n) is 12.1. The predicted molar refractivity (Wildman–Crippen MR) is 83.1 cm³/mol. The second-order valence-corrected chi connectivity index (χ2v) is 6.51.